The van der Waals surface area contributed by atoms with E-state index < -0.39 is 5.79 Å². The summed E-state index contributed by atoms with van der Waals surface area (Å²) in [5.41, 5.74) is 3.33. The molecule has 3 aliphatic rings. The van der Waals surface area contributed by atoms with E-state index in [0.29, 0.717) is 12.1 Å². The first-order chi connectivity index (χ1) is 15.5. The number of hydrogen-bond acceptors (Lipinski definition) is 5. The number of hydrogen-bond donors (Lipinski definition) is 1. The molecule has 3 aliphatic heterocycles. The first kappa shape index (κ1) is 21.4. The normalized spacial score (nSPS) is 26.9. The molecule has 3 saturated heterocycles. The molecule has 1 N–H and O–H groups in total. The van der Waals surface area contributed by atoms with Crippen LogP contribution in [-0.2, 0) is 16.0 Å². The zero-order chi connectivity index (χ0) is 22.1. The molecule has 3 heterocycles. The summed E-state index contributed by atoms with van der Waals surface area (Å²) < 4.78 is 12.5. The fourth-order valence-electron chi connectivity index (χ4n) is 5.35. The van der Waals surface area contributed by atoms with E-state index >= 15 is 0 Å². The monoisotopic (exact) mass is 435 g/mol. The molecule has 0 aliphatic carbocycles. The number of para-hydroxylation sites is 1. The van der Waals surface area contributed by atoms with Crippen molar-refractivity contribution < 1.29 is 14.3 Å². The van der Waals surface area contributed by atoms with Gasteiger partial charge in [-0.05, 0) is 50.5 Å². The first-order valence-electron chi connectivity index (χ1n) is 11.8. The molecule has 3 fully saturated rings. The maximum Gasteiger partial charge on any atom is 0.251 e. The third-order valence-electron chi connectivity index (χ3n) is 6.80. The van der Waals surface area contributed by atoms with Gasteiger partial charge in [-0.1, -0.05) is 36.4 Å². The summed E-state index contributed by atoms with van der Waals surface area (Å²) in [6, 6.07) is 18.1. The Labute approximate surface area is 190 Å². The number of carbonyl (C=O) groups is 1. The third-order valence-corrected chi connectivity index (χ3v) is 6.80. The van der Waals surface area contributed by atoms with E-state index in [1.165, 1.54) is 24.1 Å². The van der Waals surface area contributed by atoms with Crippen molar-refractivity contribution in [3.05, 3.63) is 65.7 Å². The number of amides is 1. The highest BCUT2D eigenvalue weighted by molar-refractivity contribution is 5.94. The summed E-state index contributed by atoms with van der Waals surface area (Å²) in [7, 11) is 0. The smallest absolute Gasteiger partial charge is 0.251 e. The van der Waals surface area contributed by atoms with Crippen molar-refractivity contribution in [2.75, 3.05) is 31.1 Å². The van der Waals surface area contributed by atoms with E-state index in [1.807, 2.05) is 44.2 Å². The van der Waals surface area contributed by atoms with Crippen LogP contribution in [0.2, 0.25) is 0 Å². The lowest BCUT2D eigenvalue weighted by Crippen LogP contribution is -2.46. The Morgan fingerprint density at radius 3 is 2.53 bits per heavy atom. The maximum atomic E-state index is 12.7. The van der Waals surface area contributed by atoms with Crippen molar-refractivity contribution in [2.45, 2.75) is 57.3 Å². The van der Waals surface area contributed by atoms with Crippen LogP contribution in [0.15, 0.2) is 54.6 Å². The molecular formula is C26H33N3O3. The lowest BCUT2D eigenvalue weighted by Gasteiger charge is -2.31. The number of nitrogens with one attached hydrogen (secondary N) is 1. The molecule has 2 aromatic rings. The van der Waals surface area contributed by atoms with Gasteiger partial charge < -0.3 is 19.7 Å². The minimum absolute atomic E-state index is 0.0163. The van der Waals surface area contributed by atoms with Gasteiger partial charge in [-0.2, -0.15) is 0 Å². The van der Waals surface area contributed by atoms with Gasteiger partial charge in [0.25, 0.3) is 5.91 Å². The number of nitrogens with zero attached hydrogens (tertiary/aromatic N) is 2. The second kappa shape index (κ2) is 8.85. The molecule has 3 atom stereocenters. The number of fused-ring (bicyclic) bond motifs is 1. The van der Waals surface area contributed by atoms with Crippen LogP contribution in [0.4, 0.5) is 5.69 Å². The summed E-state index contributed by atoms with van der Waals surface area (Å²) in [5.74, 6) is -0.638. The van der Waals surface area contributed by atoms with Gasteiger partial charge in [0, 0.05) is 44.0 Å². The quantitative estimate of drug-likeness (QED) is 0.754. The molecule has 6 nitrogen and oxygen atoms in total. The van der Waals surface area contributed by atoms with Crippen molar-refractivity contribution in [1.29, 1.82) is 0 Å². The summed E-state index contributed by atoms with van der Waals surface area (Å²) in [5, 5.41) is 3.14. The Kier molecular flexibility index (Phi) is 5.93. The van der Waals surface area contributed by atoms with Crippen LogP contribution in [0, 0.1) is 0 Å². The number of anilines is 1. The molecule has 0 unspecified atom stereocenters. The van der Waals surface area contributed by atoms with E-state index in [0.717, 1.165) is 26.2 Å². The van der Waals surface area contributed by atoms with Gasteiger partial charge in [0.1, 0.15) is 12.2 Å². The molecule has 6 heteroatoms. The summed E-state index contributed by atoms with van der Waals surface area (Å²) in [4.78, 5) is 17.6. The standard InChI is InChI=1S/C26H33N3O3/c1-26(2)31-23-18-29(17-20-12-6-7-13-21(20)28-14-8-9-15-28)22(24(23)32-26)16-27-25(30)19-10-4-3-5-11-19/h3-7,10-13,22-24H,8-9,14-18H2,1-2H3,(H,27,30)/t22-,23-,24+/m0/s1. The van der Waals surface area contributed by atoms with Gasteiger partial charge in [0.05, 0.1) is 6.04 Å². The van der Waals surface area contributed by atoms with Crippen molar-refractivity contribution in [3.63, 3.8) is 0 Å². The number of ether oxygens (including phenoxy) is 2. The molecule has 5 rings (SSSR count). The molecule has 0 spiro atoms. The molecule has 0 radical (unpaired) electrons. The predicted octanol–water partition coefficient (Wildman–Crippen LogP) is 3.42. The Bertz CT molecular complexity index is 942. The summed E-state index contributed by atoms with van der Waals surface area (Å²) >= 11 is 0. The van der Waals surface area contributed by atoms with Gasteiger partial charge in [-0.15, -0.1) is 0 Å². The second-order valence-electron chi connectivity index (χ2n) is 9.53. The molecule has 170 valence electrons. The minimum atomic E-state index is -0.587. The van der Waals surface area contributed by atoms with Gasteiger partial charge in [0.15, 0.2) is 5.79 Å². The maximum absolute atomic E-state index is 12.7. The van der Waals surface area contributed by atoms with Gasteiger partial charge >= 0.3 is 0 Å². The first-order valence-corrected chi connectivity index (χ1v) is 11.8. The van der Waals surface area contributed by atoms with E-state index in [1.54, 1.807) is 0 Å². The number of benzene rings is 2. The molecule has 0 bridgehead atoms. The lowest BCUT2D eigenvalue weighted by atomic mass is 10.1. The largest absolute Gasteiger partial charge is 0.371 e. The second-order valence-corrected chi connectivity index (χ2v) is 9.53. The third kappa shape index (κ3) is 4.40. The molecule has 2 aromatic carbocycles. The summed E-state index contributed by atoms with van der Waals surface area (Å²) in [6.45, 7) is 8.33. The Balaban J connectivity index is 1.34. The van der Waals surface area contributed by atoms with Crippen LogP contribution in [0.1, 0.15) is 42.6 Å². The average Bonchev–Trinajstić information content (AvgIpc) is 3.49. The Hall–Kier alpha value is -2.41. The van der Waals surface area contributed by atoms with Crippen LogP contribution >= 0.6 is 0 Å². The highest BCUT2D eigenvalue weighted by Gasteiger charge is 2.52. The fourth-order valence-corrected chi connectivity index (χ4v) is 5.35. The van der Waals surface area contributed by atoms with Gasteiger partial charge in [-0.25, -0.2) is 0 Å². The van der Waals surface area contributed by atoms with Crippen molar-refractivity contribution in [1.82, 2.24) is 10.2 Å². The van der Waals surface area contributed by atoms with Crippen LogP contribution < -0.4 is 10.2 Å². The lowest BCUT2D eigenvalue weighted by molar-refractivity contribution is -0.161. The van der Waals surface area contributed by atoms with Crippen molar-refractivity contribution in [2.24, 2.45) is 0 Å². The topological polar surface area (TPSA) is 54.0 Å². The molecule has 32 heavy (non-hydrogen) atoms. The Morgan fingerprint density at radius 2 is 1.75 bits per heavy atom. The highest BCUT2D eigenvalue weighted by Crippen LogP contribution is 2.38. The van der Waals surface area contributed by atoms with Crippen molar-refractivity contribution in [3.8, 4) is 0 Å². The highest BCUT2D eigenvalue weighted by atomic mass is 16.8. The van der Waals surface area contributed by atoms with Gasteiger partial charge in [-0.3, -0.25) is 9.69 Å². The van der Waals surface area contributed by atoms with Crippen LogP contribution in [0.5, 0.6) is 0 Å². The van der Waals surface area contributed by atoms with Crippen LogP contribution in [0.3, 0.4) is 0 Å². The number of likely N-dealkylation sites (tertiary alicyclic amines) is 1. The number of rotatable bonds is 6. The van der Waals surface area contributed by atoms with Crippen molar-refractivity contribution >= 4 is 11.6 Å². The van der Waals surface area contributed by atoms with E-state index in [-0.39, 0.29) is 24.2 Å². The van der Waals surface area contributed by atoms with Crippen LogP contribution in [-0.4, -0.2) is 61.0 Å². The number of carbonyl (C=O) groups excluding carboxylic acids is 1. The summed E-state index contributed by atoms with van der Waals surface area (Å²) in [6.07, 6.45) is 2.47. The molecule has 1 amide bonds. The minimum Gasteiger partial charge on any atom is -0.371 e. The van der Waals surface area contributed by atoms with E-state index in [4.69, 9.17) is 9.47 Å². The Morgan fingerprint density at radius 1 is 1.03 bits per heavy atom. The van der Waals surface area contributed by atoms with E-state index in [2.05, 4.69) is 39.4 Å². The average molecular weight is 436 g/mol. The zero-order valence-corrected chi connectivity index (χ0v) is 19.0. The SMILES string of the molecule is CC1(C)O[C@H]2[C@H](CN(Cc3ccccc3N3CCCC3)[C@H]2CNC(=O)c2ccccc2)O1. The molecule has 0 saturated carbocycles. The zero-order valence-electron chi connectivity index (χ0n) is 19.0. The van der Waals surface area contributed by atoms with Crippen LogP contribution in [0.25, 0.3) is 0 Å². The van der Waals surface area contributed by atoms with Gasteiger partial charge in [0.2, 0.25) is 0 Å². The molecule has 0 aromatic heterocycles. The molecular weight excluding hydrogens is 402 g/mol. The fraction of sp³-hybridized carbons (Fsp3) is 0.500. The van der Waals surface area contributed by atoms with E-state index in [9.17, 15) is 4.79 Å². The predicted molar refractivity (Wildman–Crippen MR) is 125 cm³/mol.